The van der Waals surface area contributed by atoms with Gasteiger partial charge in [0.05, 0.1) is 0 Å². The van der Waals surface area contributed by atoms with Crippen LogP contribution in [-0.4, -0.2) is 0 Å². The van der Waals surface area contributed by atoms with E-state index < -0.39 is 0 Å². The first kappa shape index (κ1) is 10.3. The highest BCUT2D eigenvalue weighted by Crippen LogP contribution is 2.22. The van der Waals surface area contributed by atoms with E-state index in [1.165, 1.54) is 17.7 Å². The van der Waals surface area contributed by atoms with Gasteiger partial charge in [-0.15, -0.1) is 0 Å². The lowest BCUT2D eigenvalue weighted by atomic mass is 9.88. The van der Waals surface area contributed by atoms with Gasteiger partial charge in [-0.25, -0.2) is 0 Å². The van der Waals surface area contributed by atoms with Gasteiger partial charge in [0.25, 0.3) is 0 Å². The lowest BCUT2D eigenvalue weighted by Crippen LogP contribution is -2.41. The average Bonchev–Trinajstić information content (AvgIpc) is 2.01. The molecule has 0 aliphatic heterocycles. The Hall–Kier alpha value is -0.820. The molecule has 0 saturated carbocycles. The van der Waals surface area contributed by atoms with Gasteiger partial charge in [0, 0.05) is 5.56 Å². The largest absolute Gasteiger partial charge is 0.325 e. The normalized spacial score (nSPS) is 11.7. The zero-order valence-corrected chi connectivity index (χ0v) is 8.93. The fourth-order valence-corrected chi connectivity index (χ4v) is 1.31. The van der Waals surface area contributed by atoms with Crippen molar-refractivity contribution in [2.75, 3.05) is 0 Å². The molecule has 0 amide bonds. The van der Waals surface area contributed by atoms with Gasteiger partial charge in [-0.05, 0) is 24.3 Å². The Kier molecular flexibility index (Phi) is 3.10. The number of benzene rings is 1. The zero-order valence-electron chi connectivity index (χ0n) is 8.93. The summed E-state index contributed by atoms with van der Waals surface area (Å²) in [5.41, 5.74) is 7.00. The van der Waals surface area contributed by atoms with E-state index in [-0.39, 0.29) is 0 Å². The Labute approximate surface area is 81.0 Å². The second-order valence-electron chi connectivity index (χ2n) is 4.83. The minimum atomic E-state index is 0.419. The average molecular weight is 178 g/mol. The standard InChI is InChI=1S/C12H19N/c1-12(2,3)9-8-10-6-4-5-7-11(10)13/h4-7H,8-9,13H2,1-3H3/p+1. The highest BCUT2D eigenvalue weighted by molar-refractivity contribution is 5.38. The van der Waals surface area contributed by atoms with Gasteiger partial charge >= 0.3 is 0 Å². The molecule has 1 rings (SSSR count). The topological polar surface area (TPSA) is 27.6 Å². The molecule has 0 aromatic heterocycles. The molecule has 0 aliphatic carbocycles. The second kappa shape index (κ2) is 3.93. The summed E-state index contributed by atoms with van der Waals surface area (Å²) in [6.45, 7) is 6.83. The van der Waals surface area contributed by atoms with Crippen molar-refractivity contribution in [3.05, 3.63) is 29.8 Å². The summed E-state index contributed by atoms with van der Waals surface area (Å²) >= 11 is 0. The molecule has 0 heterocycles. The van der Waals surface area contributed by atoms with Crippen LogP contribution < -0.4 is 5.73 Å². The van der Waals surface area contributed by atoms with Crippen LogP contribution in [0.4, 0.5) is 5.69 Å². The third-order valence-electron chi connectivity index (χ3n) is 2.26. The molecule has 0 bridgehead atoms. The lowest BCUT2D eigenvalue weighted by molar-refractivity contribution is -0.255. The molecule has 0 aliphatic rings. The smallest absolute Gasteiger partial charge is 0.131 e. The summed E-state index contributed by atoms with van der Waals surface area (Å²) in [5.74, 6) is 0. The van der Waals surface area contributed by atoms with Gasteiger partial charge in [-0.1, -0.05) is 39.0 Å². The van der Waals surface area contributed by atoms with Crippen LogP contribution in [0.2, 0.25) is 0 Å². The zero-order chi connectivity index (χ0) is 9.90. The van der Waals surface area contributed by atoms with Gasteiger partial charge in [-0.3, -0.25) is 0 Å². The molecule has 72 valence electrons. The highest BCUT2D eigenvalue weighted by atomic mass is 14.6. The fraction of sp³-hybridized carbons (Fsp3) is 0.500. The van der Waals surface area contributed by atoms with Crippen molar-refractivity contribution in [1.29, 1.82) is 0 Å². The van der Waals surface area contributed by atoms with Crippen LogP contribution in [0.3, 0.4) is 0 Å². The molecule has 1 aromatic carbocycles. The van der Waals surface area contributed by atoms with E-state index in [0.29, 0.717) is 5.41 Å². The summed E-state index contributed by atoms with van der Waals surface area (Å²) in [7, 11) is 0. The number of rotatable bonds is 2. The van der Waals surface area contributed by atoms with Crippen LogP contribution in [0.1, 0.15) is 32.8 Å². The highest BCUT2D eigenvalue weighted by Gasteiger charge is 2.11. The molecular formula is C12H20N+. The third-order valence-corrected chi connectivity index (χ3v) is 2.26. The van der Waals surface area contributed by atoms with Crippen LogP contribution >= 0.6 is 0 Å². The van der Waals surface area contributed by atoms with E-state index in [1.807, 2.05) is 6.07 Å². The van der Waals surface area contributed by atoms with E-state index in [1.54, 1.807) is 0 Å². The molecule has 1 aromatic rings. The van der Waals surface area contributed by atoms with Gasteiger partial charge in [-0.2, -0.15) is 0 Å². The molecule has 13 heavy (non-hydrogen) atoms. The van der Waals surface area contributed by atoms with Gasteiger partial charge in [0.2, 0.25) is 0 Å². The van der Waals surface area contributed by atoms with Crippen LogP contribution in [0.5, 0.6) is 0 Å². The van der Waals surface area contributed by atoms with Gasteiger partial charge < -0.3 is 5.73 Å². The van der Waals surface area contributed by atoms with E-state index >= 15 is 0 Å². The van der Waals surface area contributed by atoms with Crippen LogP contribution in [-0.2, 0) is 6.42 Å². The molecular weight excluding hydrogens is 158 g/mol. The SMILES string of the molecule is CC(C)(C)CCc1ccccc1[NH3+]. The number of quaternary nitrogens is 1. The first-order valence-electron chi connectivity index (χ1n) is 4.89. The van der Waals surface area contributed by atoms with Crippen molar-refractivity contribution in [3.63, 3.8) is 0 Å². The summed E-state index contributed by atoms with van der Waals surface area (Å²) in [6.07, 6.45) is 2.36. The van der Waals surface area contributed by atoms with Crippen molar-refractivity contribution < 1.29 is 5.73 Å². The Morgan fingerprint density at radius 1 is 1.15 bits per heavy atom. The fourth-order valence-electron chi connectivity index (χ4n) is 1.31. The van der Waals surface area contributed by atoms with E-state index in [4.69, 9.17) is 0 Å². The second-order valence-corrected chi connectivity index (χ2v) is 4.83. The number of aryl methyl sites for hydroxylation is 1. The van der Waals surface area contributed by atoms with Crippen molar-refractivity contribution in [1.82, 2.24) is 0 Å². The Morgan fingerprint density at radius 2 is 1.77 bits per heavy atom. The first-order chi connectivity index (χ1) is 5.99. The molecule has 0 unspecified atom stereocenters. The maximum Gasteiger partial charge on any atom is 0.131 e. The van der Waals surface area contributed by atoms with Crippen molar-refractivity contribution in [3.8, 4) is 0 Å². The molecule has 1 heteroatoms. The number of hydrogen-bond donors (Lipinski definition) is 1. The summed E-state index contributed by atoms with van der Waals surface area (Å²) in [6, 6.07) is 8.39. The Bertz CT molecular complexity index is 271. The van der Waals surface area contributed by atoms with E-state index in [9.17, 15) is 0 Å². The molecule has 0 atom stereocenters. The minimum Gasteiger partial charge on any atom is -0.325 e. The summed E-state index contributed by atoms with van der Waals surface area (Å²) in [5, 5.41) is 0. The molecule has 0 radical (unpaired) electrons. The lowest BCUT2D eigenvalue weighted by Gasteiger charge is -2.17. The summed E-state index contributed by atoms with van der Waals surface area (Å²) < 4.78 is 0. The van der Waals surface area contributed by atoms with Crippen LogP contribution in [0.15, 0.2) is 24.3 Å². The molecule has 0 fully saturated rings. The van der Waals surface area contributed by atoms with Crippen molar-refractivity contribution in [2.24, 2.45) is 5.41 Å². The predicted molar refractivity (Wildman–Crippen MR) is 56.8 cm³/mol. The maximum atomic E-state index is 4.02. The Balaban J connectivity index is 2.60. The molecule has 3 N–H and O–H groups in total. The van der Waals surface area contributed by atoms with Crippen LogP contribution in [0, 0.1) is 5.41 Å². The van der Waals surface area contributed by atoms with Crippen molar-refractivity contribution >= 4 is 5.69 Å². The minimum absolute atomic E-state index is 0.419. The van der Waals surface area contributed by atoms with Crippen molar-refractivity contribution in [2.45, 2.75) is 33.6 Å². The van der Waals surface area contributed by atoms with Gasteiger partial charge in [0.1, 0.15) is 5.69 Å². The first-order valence-corrected chi connectivity index (χ1v) is 4.89. The molecule has 1 nitrogen and oxygen atoms in total. The third kappa shape index (κ3) is 3.60. The molecule has 0 saturated heterocycles. The monoisotopic (exact) mass is 178 g/mol. The maximum absolute atomic E-state index is 4.02. The van der Waals surface area contributed by atoms with Gasteiger partial charge in [0.15, 0.2) is 0 Å². The predicted octanol–water partition coefficient (Wildman–Crippen LogP) is 2.54. The quantitative estimate of drug-likeness (QED) is 0.721. The van der Waals surface area contributed by atoms with Crippen LogP contribution in [0.25, 0.3) is 0 Å². The summed E-state index contributed by atoms with van der Waals surface area (Å²) in [4.78, 5) is 0. The van der Waals surface area contributed by atoms with E-state index in [0.717, 1.165) is 6.42 Å². The molecule has 0 spiro atoms. The number of hydrogen-bond acceptors (Lipinski definition) is 0. The Morgan fingerprint density at radius 3 is 2.31 bits per heavy atom. The van der Waals surface area contributed by atoms with E-state index in [2.05, 4.69) is 44.7 Å².